The monoisotopic (exact) mass is 1310 g/mol. The van der Waals surface area contributed by atoms with E-state index in [0.717, 1.165) is 50.8 Å². The number of nitrogens with zero attached hydrogens (tertiary/aromatic N) is 9. The molecule has 0 radical (unpaired) electrons. The van der Waals surface area contributed by atoms with Gasteiger partial charge in [0.1, 0.15) is 30.0 Å². The second-order valence-corrected chi connectivity index (χ2v) is 26.9. The third-order valence-corrected chi connectivity index (χ3v) is 17.1. The van der Waals surface area contributed by atoms with Crippen molar-refractivity contribution in [2.24, 2.45) is 0 Å². The van der Waals surface area contributed by atoms with E-state index in [2.05, 4.69) is 60.8 Å². The third-order valence-electron chi connectivity index (χ3n) is 13.5. The third kappa shape index (κ3) is 21.5. The second kappa shape index (κ2) is 35.2. The van der Waals surface area contributed by atoms with Crippen molar-refractivity contribution in [1.82, 2.24) is 29.7 Å². The van der Waals surface area contributed by atoms with E-state index in [1.54, 1.807) is 63.1 Å². The molecule has 0 unspecified atom stereocenters. The number of halogens is 3. The summed E-state index contributed by atoms with van der Waals surface area (Å²) in [6.45, 7) is 12.9. The molecule has 0 saturated carbocycles. The second-order valence-electron chi connectivity index (χ2n) is 19.7. The Morgan fingerprint density at radius 3 is 1.58 bits per heavy atom. The summed E-state index contributed by atoms with van der Waals surface area (Å²) in [5.74, 6) is -0.0453. The molecule has 6 heterocycles. The first-order valence-electron chi connectivity index (χ1n) is 25.3. The number of carbonyl (C=O) groups excluding carboxylic acids is 1. The Morgan fingerprint density at radius 2 is 1.10 bits per heavy atom. The fourth-order valence-electron chi connectivity index (χ4n) is 9.81. The number of aromatic nitrogens is 4. The molecule has 438 valence electrons. The van der Waals surface area contributed by atoms with Crippen LogP contribution in [-0.4, -0.2) is 124 Å². The maximum Gasteiger partial charge on any atom is 1.00 e. The van der Waals surface area contributed by atoms with Crippen LogP contribution in [0, 0.1) is 26.0 Å². The maximum absolute atomic E-state index is 13.5. The minimum atomic E-state index is -2.56. The zero-order valence-corrected chi connectivity index (χ0v) is 58.4. The van der Waals surface area contributed by atoms with Crippen molar-refractivity contribution in [3.63, 3.8) is 0 Å². The molecular formula is C52H66Cl2FK2N13O9P2S2. The van der Waals surface area contributed by atoms with Gasteiger partial charge in [-0.3, -0.25) is 29.9 Å². The van der Waals surface area contributed by atoms with Crippen molar-refractivity contribution in [1.29, 1.82) is 0 Å². The Bertz CT molecular complexity index is 3260. The van der Waals surface area contributed by atoms with Crippen LogP contribution < -0.4 is 145 Å². The largest absolute Gasteiger partial charge is 1.00 e. The van der Waals surface area contributed by atoms with E-state index in [1.807, 2.05) is 24.3 Å². The molecule has 10 rings (SSSR count). The van der Waals surface area contributed by atoms with Crippen LogP contribution in [0.1, 0.15) is 46.4 Å². The summed E-state index contributed by atoms with van der Waals surface area (Å²) in [6.07, 6.45) is 12.5. The van der Waals surface area contributed by atoms with Gasteiger partial charge >= 0.3 is 108 Å². The number of benzene rings is 4. The standard InChI is InChI=1S/C25H29ClN7O3P.C18H16ClFN5O3P.C8H15N.CH2O3.2K.2H2S.H/c1-37(2,36)23-8-4-3-7-20(23)29-24-19(26)15-27-25(30-24)28-17-9-10-21(22(14-17)33(34)35)32-13-12-31-11-5-6-18(31)16-32;1-29(2,28)16-6-4-3-5-14(16)23-17-12(19)10-21-18(24-17)22-11-7-8-13(20)15(9-11)25(26)27;1-2-6-9-7-3-5-8(9)4-1;2-1-4-3;;;;;/h3-4,7-10,14-15,18H,5-6,11-13,16H2,1-2H3,(H2,27,28,29,30);3-10H,1-2H3,(H2,21,22,23,24);8H,1-7H2;1,3H;;;2*1H2;/q;;;;2*+1;;;-1/p-1/t18-;;8-;;;;;;/m0.1....../s1. The van der Waals surface area contributed by atoms with Crippen molar-refractivity contribution < 1.29 is 143 Å². The van der Waals surface area contributed by atoms with Crippen molar-refractivity contribution in [2.75, 3.05) is 92.1 Å². The molecule has 4 saturated heterocycles. The summed E-state index contributed by atoms with van der Waals surface area (Å²) < 4.78 is 38.8. The fraction of sp³-hybridized carbons (Fsp3) is 0.365. The number of anilines is 9. The Balaban J connectivity index is 0.000000455. The van der Waals surface area contributed by atoms with Crippen LogP contribution in [0.3, 0.4) is 0 Å². The van der Waals surface area contributed by atoms with Crippen LogP contribution in [-0.2, 0) is 18.8 Å². The van der Waals surface area contributed by atoms with Crippen LogP contribution in [0.5, 0.6) is 0 Å². The number of rotatable bonds is 14. The van der Waals surface area contributed by atoms with E-state index < -0.39 is 30.7 Å². The number of piperazine rings is 1. The fourth-order valence-corrected chi connectivity index (χ4v) is 12.4. The first kappa shape index (κ1) is 74.4. The molecule has 2 atom stereocenters. The molecule has 4 aliphatic rings. The number of nitro benzene ring substituents is 2. The molecule has 22 nitrogen and oxygen atoms in total. The van der Waals surface area contributed by atoms with E-state index in [4.69, 9.17) is 33.3 Å². The molecule has 0 aliphatic carbocycles. The van der Waals surface area contributed by atoms with Gasteiger partial charge in [0.25, 0.3) is 12.2 Å². The quantitative estimate of drug-likeness (QED) is 0.0294. The molecule has 4 fully saturated rings. The van der Waals surface area contributed by atoms with Gasteiger partial charge < -0.3 is 51.8 Å². The number of fused-ring (bicyclic) bond motifs is 2. The molecule has 4 aromatic carbocycles. The predicted octanol–water partition coefficient (Wildman–Crippen LogP) is 4.39. The average Bonchev–Trinajstić information content (AvgIpc) is 4.15. The minimum absolute atomic E-state index is 0. The van der Waals surface area contributed by atoms with Crippen molar-refractivity contribution in [3.8, 4) is 0 Å². The summed E-state index contributed by atoms with van der Waals surface area (Å²) in [6, 6.07) is 24.3. The first-order valence-corrected chi connectivity index (χ1v) is 31.3. The van der Waals surface area contributed by atoms with Gasteiger partial charge in [-0.1, -0.05) is 53.9 Å². The average molecular weight is 1310 g/mol. The van der Waals surface area contributed by atoms with E-state index in [0.29, 0.717) is 45.2 Å². The van der Waals surface area contributed by atoms with Gasteiger partial charge in [-0.25, -0.2) is 9.97 Å². The van der Waals surface area contributed by atoms with Gasteiger partial charge in [-0.15, -0.1) is 0 Å². The summed E-state index contributed by atoms with van der Waals surface area (Å²) in [5, 5.41) is 45.2. The number of para-hydroxylation sites is 2. The Morgan fingerprint density at radius 1 is 0.651 bits per heavy atom. The van der Waals surface area contributed by atoms with Gasteiger partial charge in [0.2, 0.25) is 17.7 Å². The molecule has 83 heavy (non-hydrogen) atoms. The van der Waals surface area contributed by atoms with Gasteiger partial charge in [0.05, 0.1) is 33.6 Å². The van der Waals surface area contributed by atoms with Crippen molar-refractivity contribution in [2.45, 2.75) is 57.0 Å². The number of nitro groups is 2. The maximum atomic E-state index is 13.5. The van der Waals surface area contributed by atoms with E-state index in [-0.39, 0.29) is 182 Å². The molecule has 31 heteroatoms. The van der Waals surface area contributed by atoms with Gasteiger partial charge in [0.15, 0.2) is 11.6 Å². The number of hydrogen-bond donors (Lipinski definition) is 4. The Kier molecular flexibility index (Phi) is 31.6. The summed E-state index contributed by atoms with van der Waals surface area (Å²) in [7, 11) is -5.11. The topological polar surface area (TPSA) is 279 Å². The van der Waals surface area contributed by atoms with E-state index in [9.17, 15) is 33.7 Å². The van der Waals surface area contributed by atoms with Gasteiger partial charge in [-0.2, -0.15) is 41.3 Å². The Labute approximate surface area is 592 Å². The number of nitrogens with one attached hydrogen (secondary N) is 4. The molecule has 0 bridgehead atoms. The first-order chi connectivity index (χ1) is 37.7. The van der Waals surface area contributed by atoms with E-state index >= 15 is 0 Å². The normalized spacial score (nSPS) is 16.1. The summed E-state index contributed by atoms with van der Waals surface area (Å²) in [5.41, 5.74) is 1.96. The summed E-state index contributed by atoms with van der Waals surface area (Å²) >= 11 is 12.5. The molecule has 6 aromatic rings. The van der Waals surface area contributed by atoms with Gasteiger partial charge in [-0.05, 0) is 133 Å². The molecule has 4 aliphatic heterocycles. The molecule has 0 spiro atoms. The zero-order valence-electron chi connectivity index (χ0n) is 47.9. The predicted molar refractivity (Wildman–Crippen MR) is 329 cm³/mol. The number of piperidine rings is 1. The zero-order chi connectivity index (χ0) is 56.9. The van der Waals surface area contributed by atoms with Crippen LogP contribution in [0.2, 0.25) is 10.0 Å². The minimum Gasteiger partial charge on any atom is -1.00 e. The number of carbonyl (C=O) groups is 1. The van der Waals surface area contributed by atoms with Crippen LogP contribution in [0.4, 0.5) is 67.7 Å². The number of hydrogen-bond acceptors (Lipinski definition) is 20. The van der Waals surface area contributed by atoms with Crippen molar-refractivity contribution in [3.05, 3.63) is 133 Å². The van der Waals surface area contributed by atoms with Crippen LogP contribution in [0.15, 0.2) is 97.3 Å². The molecule has 4 N–H and O–H groups in total. The van der Waals surface area contributed by atoms with Gasteiger partial charge in [0, 0.05) is 65.8 Å². The summed E-state index contributed by atoms with van der Waals surface area (Å²) in [4.78, 5) is 57.2. The SMILES string of the molecule is C1CCN2CCC[C@H]2C1.CP(C)(=O)c1ccccc1Nc1nc(Nc2ccc(F)c([N+](=O)[O-])c2)ncc1Cl.CP(C)(=O)c1ccccc1Nc1nc(Nc2ccc(N3CCN4CCC[C@H]4C3)c([N+](=O)[O-])c2)ncc1Cl.O=CO[O-].S.S.[H-].[K+].[K+]. The van der Waals surface area contributed by atoms with Crippen LogP contribution >= 0.6 is 64.5 Å². The molecule has 0 amide bonds. The Hall–Kier alpha value is -2.87. The molecule has 2 aromatic heterocycles. The van der Waals surface area contributed by atoms with E-state index in [1.165, 1.54) is 76.1 Å². The smallest absolute Gasteiger partial charge is 1.00 e. The molecular weight excluding hydrogens is 1240 g/mol. The van der Waals surface area contributed by atoms with Crippen LogP contribution in [0.25, 0.3) is 0 Å². The van der Waals surface area contributed by atoms with Crippen molar-refractivity contribution >= 4 is 145 Å².